The molecule has 9 nitrogen and oxygen atoms in total. The van der Waals surface area contributed by atoms with E-state index >= 15 is 0 Å². The molecule has 0 unspecified atom stereocenters. The average molecular weight is 545 g/mol. The molecule has 200 valence electrons. The number of carbonyl (C=O) groups is 2. The van der Waals surface area contributed by atoms with E-state index in [0.29, 0.717) is 53.2 Å². The van der Waals surface area contributed by atoms with Crippen LogP contribution in [0, 0.1) is 6.57 Å². The van der Waals surface area contributed by atoms with Crippen molar-refractivity contribution in [1.82, 2.24) is 20.2 Å². The summed E-state index contributed by atoms with van der Waals surface area (Å²) in [5.41, 5.74) is 3.22. The standard InChI is InChI=1S/C29H29ClN6O3/c1-29(2,20-5-4-6-22(14-20)31-3)35-25(37)17-36-16-19-8-7-18(13-23(19)27(36)38)26-24(30)15-32-28(34-26)33-21-9-11-39-12-10-21/h4-8,13-15,21H,9-12,16-17H2,1-2H3,(H,35,37)(H,32,33,34). The number of rotatable bonds is 7. The fourth-order valence-electron chi connectivity index (χ4n) is 4.90. The van der Waals surface area contributed by atoms with Crippen LogP contribution in [-0.2, 0) is 21.6 Å². The molecule has 0 saturated carbocycles. The normalized spacial score (nSPS) is 15.5. The number of amides is 2. The van der Waals surface area contributed by atoms with Crippen LogP contribution in [0.5, 0.6) is 0 Å². The zero-order valence-corrected chi connectivity index (χ0v) is 22.6. The summed E-state index contributed by atoms with van der Waals surface area (Å²) in [6.45, 7) is 12.6. The number of halogens is 1. The fourth-order valence-corrected chi connectivity index (χ4v) is 5.10. The third kappa shape index (κ3) is 5.87. The van der Waals surface area contributed by atoms with Gasteiger partial charge in [0.1, 0.15) is 6.54 Å². The molecule has 0 radical (unpaired) electrons. The summed E-state index contributed by atoms with van der Waals surface area (Å²) in [6, 6.07) is 12.9. The Hall–Kier alpha value is -4.00. The molecule has 0 bridgehead atoms. The number of nitrogens with one attached hydrogen (secondary N) is 2. The van der Waals surface area contributed by atoms with E-state index in [0.717, 1.165) is 24.0 Å². The summed E-state index contributed by atoms with van der Waals surface area (Å²) in [5, 5.41) is 6.73. The number of carbonyl (C=O) groups excluding carboxylic acids is 2. The maximum atomic E-state index is 13.3. The summed E-state index contributed by atoms with van der Waals surface area (Å²) in [4.78, 5) is 40.2. The van der Waals surface area contributed by atoms with Gasteiger partial charge >= 0.3 is 0 Å². The molecule has 1 aromatic heterocycles. The quantitative estimate of drug-likeness (QED) is 0.408. The first kappa shape index (κ1) is 26.6. The van der Waals surface area contributed by atoms with Gasteiger partial charge in [0.25, 0.3) is 5.91 Å². The summed E-state index contributed by atoms with van der Waals surface area (Å²) < 4.78 is 5.41. The molecule has 2 aliphatic rings. The minimum atomic E-state index is -0.708. The minimum absolute atomic E-state index is 0.0811. The van der Waals surface area contributed by atoms with E-state index in [1.807, 2.05) is 32.0 Å². The maximum Gasteiger partial charge on any atom is 0.254 e. The van der Waals surface area contributed by atoms with Gasteiger partial charge in [0.2, 0.25) is 11.9 Å². The van der Waals surface area contributed by atoms with E-state index < -0.39 is 5.54 Å². The molecule has 2 aromatic carbocycles. The van der Waals surface area contributed by atoms with Crippen molar-refractivity contribution < 1.29 is 14.3 Å². The minimum Gasteiger partial charge on any atom is -0.381 e. The molecule has 0 spiro atoms. The summed E-state index contributed by atoms with van der Waals surface area (Å²) in [5.74, 6) is -0.0196. The largest absolute Gasteiger partial charge is 0.381 e. The smallest absolute Gasteiger partial charge is 0.254 e. The van der Waals surface area contributed by atoms with Crippen LogP contribution >= 0.6 is 11.6 Å². The van der Waals surface area contributed by atoms with Gasteiger partial charge in [0, 0.05) is 36.9 Å². The highest BCUT2D eigenvalue weighted by atomic mass is 35.5. The molecule has 0 aliphatic carbocycles. The van der Waals surface area contributed by atoms with Crippen molar-refractivity contribution in [2.24, 2.45) is 0 Å². The summed E-state index contributed by atoms with van der Waals surface area (Å²) in [7, 11) is 0. The van der Waals surface area contributed by atoms with Crippen molar-refractivity contribution in [3.63, 3.8) is 0 Å². The van der Waals surface area contributed by atoms with Gasteiger partial charge in [-0.25, -0.2) is 14.8 Å². The van der Waals surface area contributed by atoms with E-state index in [2.05, 4.69) is 25.4 Å². The Kier molecular flexibility index (Phi) is 7.51. The number of nitrogens with zero attached hydrogens (tertiary/aromatic N) is 4. The Morgan fingerprint density at radius 3 is 2.79 bits per heavy atom. The van der Waals surface area contributed by atoms with Crippen molar-refractivity contribution in [2.45, 2.75) is 44.8 Å². The van der Waals surface area contributed by atoms with Crippen LogP contribution in [0.15, 0.2) is 48.7 Å². The lowest BCUT2D eigenvalue weighted by Crippen LogP contribution is -2.46. The molecule has 39 heavy (non-hydrogen) atoms. The third-order valence-electron chi connectivity index (χ3n) is 7.04. The second kappa shape index (κ2) is 11.0. The van der Waals surface area contributed by atoms with Crippen LogP contribution in [0.25, 0.3) is 16.1 Å². The van der Waals surface area contributed by atoms with E-state index in [1.54, 1.807) is 30.5 Å². The van der Waals surface area contributed by atoms with Crippen LogP contribution in [0.3, 0.4) is 0 Å². The zero-order valence-electron chi connectivity index (χ0n) is 21.8. The van der Waals surface area contributed by atoms with Gasteiger partial charge in [0.15, 0.2) is 5.69 Å². The van der Waals surface area contributed by atoms with Gasteiger partial charge in [-0.05, 0) is 43.9 Å². The first-order valence-corrected chi connectivity index (χ1v) is 13.2. The molecule has 3 heterocycles. The number of aromatic nitrogens is 2. The predicted octanol–water partition coefficient (Wildman–Crippen LogP) is 4.95. The second-order valence-electron chi connectivity index (χ2n) is 10.3. The monoisotopic (exact) mass is 544 g/mol. The highest BCUT2D eigenvalue weighted by Crippen LogP contribution is 2.32. The fraction of sp³-hybridized carbons (Fsp3) is 0.345. The molecule has 2 aliphatic heterocycles. The molecule has 3 aromatic rings. The number of hydrogen-bond acceptors (Lipinski definition) is 6. The summed E-state index contributed by atoms with van der Waals surface area (Å²) >= 11 is 6.45. The van der Waals surface area contributed by atoms with Gasteiger partial charge in [-0.3, -0.25) is 9.59 Å². The van der Waals surface area contributed by atoms with Crippen LogP contribution in [0.1, 0.15) is 48.2 Å². The van der Waals surface area contributed by atoms with E-state index in [9.17, 15) is 9.59 Å². The Labute approximate surface area is 232 Å². The van der Waals surface area contributed by atoms with E-state index in [-0.39, 0.29) is 24.4 Å². The molecule has 10 heteroatoms. The highest BCUT2D eigenvalue weighted by Gasteiger charge is 2.31. The van der Waals surface area contributed by atoms with Crippen LogP contribution in [0.2, 0.25) is 5.02 Å². The van der Waals surface area contributed by atoms with Gasteiger partial charge in [0.05, 0.1) is 29.0 Å². The van der Waals surface area contributed by atoms with Crippen molar-refractivity contribution in [3.05, 3.63) is 81.8 Å². The number of anilines is 1. The predicted molar refractivity (Wildman–Crippen MR) is 149 cm³/mol. The maximum absolute atomic E-state index is 13.3. The SMILES string of the molecule is [C-]#[N+]c1cccc(C(C)(C)NC(=O)CN2Cc3ccc(-c4nc(NC5CCOCC5)ncc4Cl)cc3C2=O)c1. The van der Waals surface area contributed by atoms with Crippen molar-refractivity contribution in [2.75, 3.05) is 25.1 Å². The van der Waals surface area contributed by atoms with E-state index in [4.69, 9.17) is 22.9 Å². The van der Waals surface area contributed by atoms with E-state index in [1.165, 1.54) is 4.90 Å². The second-order valence-corrected chi connectivity index (χ2v) is 10.7. The lowest BCUT2D eigenvalue weighted by atomic mass is 9.94. The number of fused-ring (bicyclic) bond motifs is 1. The average Bonchev–Trinajstić information content (AvgIpc) is 3.24. The lowest BCUT2D eigenvalue weighted by Gasteiger charge is -2.28. The van der Waals surface area contributed by atoms with Gasteiger partial charge in [-0.15, -0.1) is 0 Å². The Morgan fingerprint density at radius 1 is 1.23 bits per heavy atom. The van der Waals surface area contributed by atoms with Crippen LogP contribution in [-0.4, -0.2) is 52.5 Å². The molecule has 0 atom stereocenters. The highest BCUT2D eigenvalue weighted by molar-refractivity contribution is 6.33. The Morgan fingerprint density at radius 2 is 2.03 bits per heavy atom. The molecule has 2 amide bonds. The van der Waals surface area contributed by atoms with Gasteiger partial charge in [-0.1, -0.05) is 48.0 Å². The van der Waals surface area contributed by atoms with Gasteiger partial charge < -0.3 is 20.3 Å². The Balaban J connectivity index is 1.28. The van der Waals surface area contributed by atoms with Crippen LogP contribution in [0.4, 0.5) is 11.6 Å². The molecule has 1 fully saturated rings. The van der Waals surface area contributed by atoms with Gasteiger partial charge in [-0.2, -0.15) is 0 Å². The third-order valence-corrected chi connectivity index (χ3v) is 7.32. The lowest BCUT2D eigenvalue weighted by molar-refractivity contribution is -0.123. The van der Waals surface area contributed by atoms with Crippen LogP contribution < -0.4 is 10.6 Å². The molecule has 1 saturated heterocycles. The topological polar surface area (TPSA) is 101 Å². The molecular formula is C29H29ClN6O3. The molecule has 2 N–H and O–H groups in total. The summed E-state index contributed by atoms with van der Waals surface area (Å²) in [6.07, 6.45) is 3.32. The van der Waals surface area contributed by atoms with Crippen molar-refractivity contribution in [1.29, 1.82) is 0 Å². The van der Waals surface area contributed by atoms with Crippen molar-refractivity contribution >= 4 is 35.1 Å². The Bertz CT molecular complexity index is 1460. The number of hydrogen-bond donors (Lipinski definition) is 2. The first-order chi connectivity index (χ1) is 18.7. The molecule has 5 rings (SSSR count). The molecular weight excluding hydrogens is 516 g/mol. The number of benzene rings is 2. The zero-order chi connectivity index (χ0) is 27.6. The van der Waals surface area contributed by atoms with Crippen molar-refractivity contribution in [3.8, 4) is 11.3 Å². The number of ether oxygens (including phenoxy) is 1. The first-order valence-electron chi connectivity index (χ1n) is 12.8.